The number of carbonyl (C=O) groups is 3. The quantitative estimate of drug-likeness (QED) is 0.359. The third-order valence-electron chi connectivity index (χ3n) is 6.25. The van der Waals surface area contributed by atoms with Crippen molar-refractivity contribution in [2.24, 2.45) is 0 Å². The van der Waals surface area contributed by atoms with Gasteiger partial charge < -0.3 is 24.9 Å². The molecular weight excluding hydrogens is 490 g/mol. The Morgan fingerprint density at radius 2 is 1.54 bits per heavy atom. The van der Waals surface area contributed by atoms with Crippen molar-refractivity contribution in [3.63, 3.8) is 0 Å². The number of hydrogen-bond acceptors (Lipinski definition) is 7. The molecular formula is C28H35N3O5S. The molecule has 0 atom stereocenters. The van der Waals surface area contributed by atoms with E-state index in [4.69, 9.17) is 10.2 Å². The molecule has 9 heteroatoms. The number of likely N-dealkylation sites (N-methyl/N-ethyl adjacent to an activating group) is 1. The summed E-state index contributed by atoms with van der Waals surface area (Å²) in [5.41, 5.74) is 3.30. The maximum atomic E-state index is 12.5. The van der Waals surface area contributed by atoms with Crippen LogP contribution in [-0.4, -0.2) is 84.1 Å². The zero-order valence-corrected chi connectivity index (χ0v) is 22.2. The second kappa shape index (κ2) is 14.0. The molecule has 37 heavy (non-hydrogen) atoms. The Kier molecular flexibility index (Phi) is 10.7. The molecule has 8 nitrogen and oxygen atoms in total. The van der Waals surface area contributed by atoms with Gasteiger partial charge in [0.1, 0.15) is 0 Å². The van der Waals surface area contributed by atoms with Crippen LogP contribution < -0.4 is 4.90 Å². The Morgan fingerprint density at radius 3 is 2.19 bits per heavy atom. The molecule has 2 aliphatic heterocycles. The standard InChI is InChI=1S/C24H31N3OS.C4H4O4/c1-3-7-22(28)19-10-11-24-21(18-19)27(20-8-4-5-9-23(20)29-24)13-6-12-26-16-14-25(2)15-17-26;5-3(6)1-2-4(7)8/h4-5,8-11,18H,3,6-7,12-17H2,1-2H3;1-2H,(H,5,6)(H,7,8)/b;2-1-. The Hall–Kier alpha value is -3.14. The normalized spacial score (nSPS) is 15.5. The van der Waals surface area contributed by atoms with Gasteiger partial charge in [-0.1, -0.05) is 36.9 Å². The predicted octanol–water partition coefficient (Wildman–Crippen LogP) is 4.62. The van der Waals surface area contributed by atoms with E-state index in [9.17, 15) is 14.4 Å². The predicted molar refractivity (Wildman–Crippen MR) is 146 cm³/mol. The van der Waals surface area contributed by atoms with Gasteiger partial charge in [-0.3, -0.25) is 4.79 Å². The Morgan fingerprint density at radius 1 is 0.892 bits per heavy atom. The Bertz CT molecular complexity index is 1110. The van der Waals surface area contributed by atoms with Gasteiger partial charge >= 0.3 is 11.9 Å². The highest BCUT2D eigenvalue weighted by atomic mass is 32.2. The summed E-state index contributed by atoms with van der Waals surface area (Å²) in [4.78, 5) is 41.6. The molecule has 0 unspecified atom stereocenters. The average Bonchev–Trinajstić information content (AvgIpc) is 2.88. The number of Topliss-reactive ketones (excluding diaryl/α,β-unsaturated/α-hetero) is 1. The molecule has 0 bridgehead atoms. The minimum Gasteiger partial charge on any atom is -0.478 e. The van der Waals surface area contributed by atoms with E-state index >= 15 is 0 Å². The second-order valence-corrected chi connectivity index (χ2v) is 10.2. The van der Waals surface area contributed by atoms with Crippen molar-refractivity contribution in [1.29, 1.82) is 0 Å². The first-order valence-corrected chi connectivity index (χ1v) is 13.4. The van der Waals surface area contributed by atoms with Crippen molar-refractivity contribution in [2.75, 3.05) is 51.2 Å². The van der Waals surface area contributed by atoms with Crippen LogP contribution in [0.1, 0.15) is 36.5 Å². The topological polar surface area (TPSA) is 101 Å². The van der Waals surface area contributed by atoms with Crippen molar-refractivity contribution >= 4 is 40.9 Å². The number of para-hydroxylation sites is 1. The number of benzene rings is 2. The van der Waals surface area contributed by atoms with Crippen LogP contribution in [0.3, 0.4) is 0 Å². The number of hydrogen-bond donors (Lipinski definition) is 2. The molecule has 0 amide bonds. The molecule has 0 radical (unpaired) electrons. The first kappa shape index (κ1) is 28.4. The molecule has 2 aliphatic rings. The zero-order chi connectivity index (χ0) is 26.8. The summed E-state index contributed by atoms with van der Waals surface area (Å²) in [5.74, 6) is -2.27. The van der Waals surface area contributed by atoms with E-state index < -0.39 is 11.9 Å². The molecule has 2 aromatic rings. The molecule has 0 aromatic heterocycles. The van der Waals surface area contributed by atoms with Gasteiger partial charge in [0.2, 0.25) is 0 Å². The molecule has 0 spiro atoms. The summed E-state index contributed by atoms with van der Waals surface area (Å²) < 4.78 is 0. The highest BCUT2D eigenvalue weighted by Gasteiger charge is 2.24. The summed E-state index contributed by atoms with van der Waals surface area (Å²) in [6.45, 7) is 8.81. The third kappa shape index (κ3) is 8.45. The third-order valence-corrected chi connectivity index (χ3v) is 7.38. The van der Waals surface area contributed by atoms with E-state index in [1.54, 1.807) is 0 Å². The number of aliphatic carboxylic acids is 2. The SMILES string of the molecule is CCCC(=O)c1ccc2c(c1)N(CCCN1CCN(C)CC1)c1ccccc1S2.O=C(O)/C=C\C(=O)O. The van der Waals surface area contributed by atoms with Crippen LogP contribution in [0, 0.1) is 0 Å². The van der Waals surface area contributed by atoms with Crippen LogP contribution in [0.2, 0.25) is 0 Å². The smallest absolute Gasteiger partial charge is 0.328 e. The van der Waals surface area contributed by atoms with Crippen molar-refractivity contribution in [3.8, 4) is 0 Å². The monoisotopic (exact) mass is 525 g/mol. The molecule has 1 saturated heterocycles. The maximum Gasteiger partial charge on any atom is 0.328 e. The van der Waals surface area contributed by atoms with Gasteiger partial charge in [0.05, 0.1) is 11.4 Å². The van der Waals surface area contributed by atoms with Crippen molar-refractivity contribution in [2.45, 2.75) is 36.0 Å². The first-order chi connectivity index (χ1) is 17.8. The maximum absolute atomic E-state index is 12.5. The molecule has 1 fully saturated rings. The molecule has 2 N–H and O–H groups in total. The number of anilines is 2. The fraction of sp³-hybridized carbons (Fsp3) is 0.393. The number of piperazine rings is 1. The zero-order valence-electron chi connectivity index (χ0n) is 21.4. The summed E-state index contributed by atoms with van der Waals surface area (Å²) >= 11 is 1.81. The molecule has 198 valence electrons. The number of nitrogens with zero attached hydrogens (tertiary/aromatic N) is 3. The van der Waals surface area contributed by atoms with Gasteiger partial charge in [0.25, 0.3) is 0 Å². The Labute approximate surface area is 222 Å². The fourth-order valence-electron chi connectivity index (χ4n) is 4.28. The average molecular weight is 526 g/mol. The van der Waals surface area contributed by atoms with Crippen LogP contribution in [0.5, 0.6) is 0 Å². The van der Waals surface area contributed by atoms with Crippen molar-refractivity contribution in [3.05, 3.63) is 60.2 Å². The van der Waals surface area contributed by atoms with E-state index in [0.29, 0.717) is 18.6 Å². The summed E-state index contributed by atoms with van der Waals surface area (Å²) in [7, 11) is 2.20. The van der Waals surface area contributed by atoms with Crippen LogP contribution in [-0.2, 0) is 9.59 Å². The lowest BCUT2D eigenvalue weighted by Crippen LogP contribution is -2.45. The number of rotatable bonds is 9. The van der Waals surface area contributed by atoms with Crippen molar-refractivity contribution < 1.29 is 24.6 Å². The lowest BCUT2D eigenvalue weighted by atomic mass is 10.1. The lowest BCUT2D eigenvalue weighted by Gasteiger charge is -2.35. The number of ketones is 1. The molecule has 4 rings (SSSR count). The van der Waals surface area contributed by atoms with Gasteiger partial charge in [0.15, 0.2) is 5.78 Å². The first-order valence-electron chi connectivity index (χ1n) is 12.5. The highest BCUT2D eigenvalue weighted by Crippen LogP contribution is 2.48. The van der Waals surface area contributed by atoms with Gasteiger partial charge in [0, 0.05) is 66.7 Å². The van der Waals surface area contributed by atoms with Gasteiger partial charge in [-0.2, -0.15) is 0 Å². The molecule has 2 aromatic carbocycles. The van der Waals surface area contributed by atoms with Gasteiger partial charge in [-0.05, 0) is 50.7 Å². The van der Waals surface area contributed by atoms with E-state index in [-0.39, 0.29) is 5.78 Å². The summed E-state index contributed by atoms with van der Waals surface area (Å²) in [5, 5.41) is 15.6. The van der Waals surface area contributed by atoms with E-state index in [0.717, 1.165) is 57.7 Å². The van der Waals surface area contributed by atoms with E-state index in [1.807, 2.05) is 17.8 Å². The summed E-state index contributed by atoms with van der Waals surface area (Å²) in [6, 6.07) is 14.9. The van der Waals surface area contributed by atoms with Crippen molar-refractivity contribution in [1.82, 2.24) is 9.80 Å². The summed E-state index contributed by atoms with van der Waals surface area (Å²) in [6.07, 6.45) is 3.74. The van der Waals surface area contributed by atoms with Crippen LogP contribution in [0.4, 0.5) is 11.4 Å². The number of carboxylic acids is 2. The lowest BCUT2D eigenvalue weighted by molar-refractivity contribution is -0.134. The highest BCUT2D eigenvalue weighted by molar-refractivity contribution is 7.99. The fourth-order valence-corrected chi connectivity index (χ4v) is 5.36. The second-order valence-electron chi connectivity index (χ2n) is 9.09. The van der Waals surface area contributed by atoms with Crippen LogP contribution in [0.25, 0.3) is 0 Å². The molecule has 0 saturated carbocycles. The largest absolute Gasteiger partial charge is 0.478 e. The van der Waals surface area contributed by atoms with Crippen LogP contribution in [0.15, 0.2) is 64.4 Å². The van der Waals surface area contributed by atoms with Gasteiger partial charge in [-0.25, -0.2) is 9.59 Å². The van der Waals surface area contributed by atoms with Gasteiger partial charge in [-0.15, -0.1) is 0 Å². The Balaban J connectivity index is 0.000000414. The van der Waals surface area contributed by atoms with E-state index in [2.05, 4.69) is 65.1 Å². The van der Waals surface area contributed by atoms with E-state index in [1.165, 1.54) is 21.2 Å². The molecule has 2 heterocycles. The minimum absolute atomic E-state index is 0.247. The minimum atomic E-state index is -1.26. The molecule has 0 aliphatic carbocycles. The number of carboxylic acid groups (broad SMARTS) is 2. The number of carbonyl (C=O) groups excluding carboxylic acids is 1. The number of fused-ring (bicyclic) bond motifs is 2. The van der Waals surface area contributed by atoms with Crippen LogP contribution >= 0.6 is 11.8 Å².